The maximum absolute atomic E-state index is 12.8. The SMILES string of the molecule is Fc1cc(NCCCOc2ccccc2)ccn1. The Kier molecular flexibility index (Phi) is 4.53. The van der Waals surface area contributed by atoms with Crippen LogP contribution in [0.15, 0.2) is 48.7 Å². The summed E-state index contributed by atoms with van der Waals surface area (Å²) in [6.45, 7) is 1.36. The van der Waals surface area contributed by atoms with Crippen LogP contribution in [-0.2, 0) is 0 Å². The maximum atomic E-state index is 12.8. The van der Waals surface area contributed by atoms with E-state index in [-0.39, 0.29) is 0 Å². The molecular formula is C14H15FN2O. The van der Waals surface area contributed by atoms with Crippen molar-refractivity contribution in [2.24, 2.45) is 0 Å². The van der Waals surface area contributed by atoms with Crippen molar-refractivity contribution < 1.29 is 9.13 Å². The molecule has 0 spiro atoms. The zero-order chi connectivity index (χ0) is 12.6. The van der Waals surface area contributed by atoms with E-state index in [2.05, 4.69) is 10.3 Å². The fourth-order valence-electron chi connectivity index (χ4n) is 1.52. The molecule has 0 amide bonds. The van der Waals surface area contributed by atoms with Crippen LogP contribution >= 0.6 is 0 Å². The minimum Gasteiger partial charge on any atom is -0.494 e. The first-order valence-corrected chi connectivity index (χ1v) is 5.88. The molecule has 2 rings (SSSR count). The molecule has 0 radical (unpaired) electrons. The van der Waals surface area contributed by atoms with Crippen LogP contribution in [0.1, 0.15) is 6.42 Å². The molecule has 4 heteroatoms. The van der Waals surface area contributed by atoms with Crippen molar-refractivity contribution in [1.82, 2.24) is 4.98 Å². The van der Waals surface area contributed by atoms with Gasteiger partial charge in [0.2, 0.25) is 5.95 Å². The Morgan fingerprint density at radius 1 is 1.17 bits per heavy atom. The molecule has 0 saturated carbocycles. The van der Waals surface area contributed by atoms with Gasteiger partial charge < -0.3 is 10.1 Å². The highest BCUT2D eigenvalue weighted by molar-refractivity contribution is 5.40. The van der Waals surface area contributed by atoms with Crippen molar-refractivity contribution in [1.29, 1.82) is 0 Å². The first-order valence-electron chi connectivity index (χ1n) is 5.88. The van der Waals surface area contributed by atoms with Crippen LogP contribution in [0.4, 0.5) is 10.1 Å². The van der Waals surface area contributed by atoms with E-state index in [9.17, 15) is 4.39 Å². The van der Waals surface area contributed by atoms with Gasteiger partial charge in [0.15, 0.2) is 0 Å². The number of nitrogens with zero attached hydrogens (tertiary/aromatic N) is 1. The highest BCUT2D eigenvalue weighted by atomic mass is 19.1. The zero-order valence-electron chi connectivity index (χ0n) is 9.97. The Morgan fingerprint density at radius 2 is 2.00 bits per heavy atom. The van der Waals surface area contributed by atoms with Crippen LogP contribution in [0, 0.1) is 5.95 Å². The molecule has 1 heterocycles. The largest absolute Gasteiger partial charge is 0.494 e. The summed E-state index contributed by atoms with van der Waals surface area (Å²) in [5.41, 5.74) is 0.738. The van der Waals surface area contributed by atoms with Gasteiger partial charge in [-0.05, 0) is 24.6 Å². The average Bonchev–Trinajstić information content (AvgIpc) is 2.40. The van der Waals surface area contributed by atoms with Gasteiger partial charge in [-0.1, -0.05) is 18.2 Å². The van der Waals surface area contributed by atoms with Crippen molar-refractivity contribution >= 4 is 5.69 Å². The zero-order valence-corrected chi connectivity index (χ0v) is 9.97. The summed E-state index contributed by atoms with van der Waals surface area (Å²) in [5, 5.41) is 3.11. The molecular weight excluding hydrogens is 231 g/mol. The molecule has 0 fully saturated rings. The first-order chi connectivity index (χ1) is 8.84. The Bertz CT molecular complexity index is 476. The summed E-state index contributed by atoms with van der Waals surface area (Å²) in [5.74, 6) is 0.396. The first kappa shape index (κ1) is 12.4. The number of aromatic nitrogens is 1. The Morgan fingerprint density at radius 3 is 2.78 bits per heavy atom. The second-order valence-electron chi connectivity index (χ2n) is 3.81. The molecule has 0 unspecified atom stereocenters. The van der Waals surface area contributed by atoms with Gasteiger partial charge in [-0.3, -0.25) is 0 Å². The topological polar surface area (TPSA) is 34.1 Å². The van der Waals surface area contributed by atoms with Gasteiger partial charge in [-0.2, -0.15) is 4.39 Å². The average molecular weight is 246 g/mol. The summed E-state index contributed by atoms with van der Waals surface area (Å²) in [6, 6.07) is 12.8. The van der Waals surface area contributed by atoms with Gasteiger partial charge in [-0.15, -0.1) is 0 Å². The van der Waals surface area contributed by atoms with Crippen LogP contribution in [-0.4, -0.2) is 18.1 Å². The van der Waals surface area contributed by atoms with Gasteiger partial charge >= 0.3 is 0 Å². The lowest BCUT2D eigenvalue weighted by atomic mass is 10.3. The molecule has 0 aliphatic heterocycles. The summed E-state index contributed by atoms with van der Waals surface area (Å²) in [7, 11) is 0. The molecule has 1 N–H and O–H groups in total. The van der Waals surface area contributed by atoms with Crippen LogP contribution in [0.25, 0.3) is 0 Å². The minimum absolute atomic E-state index is 0.472. The lowest BCUT2D eigenvalue weighted by Gasteiger charge is -2.07. The highest BCUT2D eigenvalue weighted by Gasteiger charge is 1.95. The number of rotatable bonds is 6. The molecule has 0 aliphatic rings. The third kappa shape index (κ3) is 4.05. The quantitative estimate of drug-likeness (QED) is 0.628. The Balaban J connectivity index is 1.65. The Hall–Kier alpha value is -2.10. The van der Waals surface area contributed by atoms with E-state index in [1.165, 1.54) is 12.3 Å². The normalized spacial score (nSPS) is 10.1. The predicted molar refractivity (Wildman–Crippen MR) is 69.2 cm³/mol. The monoisotopic (exact) mass is 246 g/mol. The van der Waals surface area contributed by atoms with Crippen molar-refractivity contribution in [2.45, 2.75) is 6.42 Å². The highest BCUT2D eigenvalue weighted by Crippen LogP contribution is 2.09. The molecule has 1 aromatic heterocycles. The summed E-state index contributed by atoms with van der Waals surface area (Å²) < 4.78 is 18.3. The molecule has 1 aromatic carbocycles. The summed E-state index contributed by atoms with van der Waals surface area (Å²) in [4.78, 5) is 3.49. The van der Waals surface area contributed by atoms with E-state index in [1.54, 1.807) is 6.07 Å². The van der Waals surface area contributed by atoms with E-state index in [0.717, 1.165) is 24.4 Å². The lowest BCUT2D eigenvalue weighted by Crippen LogP contribution is -2.07. The summed E-state index contributed by atoms with van der Waals surface area (Å²) in [6.07, 6.45) is 2.29. The van der Waals surface area contributed by atoms with Gasteiger partial charge in [-0.25, -0.2) is 4.98 Å². The van der Waals surface area contributed by atoms with Gasteiger partial charge in [0.05, 0.1) is 6.61 Å². The van der Waals surface area contributed by atoms with Crippen LogP contribution in [0.2, 0.25) is 0 Å². The number of pyridine rings is 1. The van der Waals surface area contributed by atoms with E-state index in [4.69, 9.17) is 4.74 Å². The second-order valence-corrected chi connectivity index (χ2v) is 3.81. The van der Waals surface area contributed by atoms with E-state index in [0.29, 0.717) is 6.61 Å². The smallest absolute Gasteiger partial charge is 0.214 e. The third-order valence-corrected chi connectivity index (χ3v) is 2.39. The van der Waals surface area contributed by atoms with Crippen LogP contribution in [0.3, 0.4) is 0 Å². The van der Waals surface area contributed by atoms with Crippen molar-refractivity contribution in [2.75, 3.05) is 18.5 Å². The standard InChI is InChI=1S/C14H15FN2O/c15-14-11-12(7-9-17-14)16-8-4-10-18-13-5-2-1-3-6-13/h1-3,5-7,9,11H,4,8,10H2,(H,16,17). The number of nitrogens with one attached hydrogen (secondary N) is 1. The lowest BCUT2D eigenvalue weighted by molar-refractivity contribution is 0.315. The number of anilines is 1. The van der Waals surface area contributed by atoms with Gasteiger partial charge in [0, 0.05) is 24.5 Å². The summed E-state index contributed by atoms with van der Waals surface area (Å²) >= 11 is 0. The van der Waals surface area contributed by atoms with Gasteiger partial charge in [0.1, 0.15) is 5.75 Å². The molecule has 0 aliphatic carbocycles. The van der Waals surface area contributed by atoms with E-state index >= 15 is 0 Å². The molecule has 94 valence electrons. The molecule has 0 saturated heterocycles. The van der Waals surface area contributed by atoms with E-state index < -0.39 is 5.95 Å². The number of hydrogen-bond acceptors (Lipinski definition) is 3. The number of ether oxygens (including phenoxy) is 1. The van der Waals surface area contributed by atoms with Gasteiger partial charge in [0.25, 0.3) is 0 Å². The molecule has 0 atom stereocenters. The van der Waals surface area contributed by atoms with Crippen LogP contribution < -0.4 is 10.1 Å². The predicted octanol–water partition coefficient (Wildman–Crippen LogP) is 3.10. The third-order valence-electron chi connectivity index (χ3n) is 2.39. The maximum Gasteiger partial charge on any atom is 0.214 e. The molecule has 3 nitrogen and oxygen atoms in total. The fourth-order valence-corrected chi connectivity index (χ4v) is 1.52. The van der Waals surface area contributed by atoms with Crippen molar-refractivity contribution in [3.8, 4) is 5.75 Å². The second kappa shape index (κ2) is 6.59. The fraction of sp³-hybridized carbons (Fsp3) is 0.214. The van der Waals surface area contributed by atoms with Crippen LogP contribution in [0.5, 0.6) is 5.75 Å². The molecule has 2 aromatic rings. The number of hydrogen-bond donors (Lipinski definition) is 1. The molecule has 0 bridgehead atoms. The number of benzene rings is 1. The molecule has 18 heavy (non-hydrogen) atoms. The van der Waals surface area contributed by atoms with Crippen molar-refractivity contribution in [3.05, 3.63) is 54.6 Å². The van der Waals surface area contributed by atoms with Crippen molar-refractivity contribution in [3.63, 3.8) is 0 Å². The number of halogens is 1. The Labute approximate surface area is 106 Å². The number of para-hydroxylation sites is 1. The van der Waals surface area contributed by atoms with E-state index in [1.807, 2.05) is 30.3 Å². The minimum atomic E-state index is -0.472.